The van der Waals surface area contributed by atoms with E-state index < -0.39 is 0 Å². The summed E-state index contributed by atoms with van der Waals surface area (Å²) < 4.78 is 0. The molecule has 1 saturated carbocycles. The van der Waals surface area contributed by atoms with Gasteiger partial charge in [-0.15, -0.1) is 0 Å². The van der Waals surface area contributed by atoms with E-state index in [0.29, 0.717) is 6.04 Å². The Morgan fingerprint density at radius 3 is 2.35 bits per heavy atom. The maximum atomic E-state index is 11.7. The van der Waals surface area contributed by atoms with E-state index in [-0.39, 0.29) is 18.0 Å². The molecule has 0 bridgehead atoms. The van der Waals surface area contributed by atoms with Crippen molar-refractivity contribution < 1.29 is 4.79 Å². The smallest absolute Gasteiger partial charge is 0.237 e. The van der Waals surface area contributed by atoms with Gasteiger partial charge in [0.15, 0.2) is 0 Å². The molecule has 2 atom stereocenters. The van der Waals surface area contributed by atoms with E-state index in [9.17, 15) is 4.79 Å². The van der Waals surface area contributed by atoms with Gasteiger partial charge in [0.1, 0.15) is 0 Å². The van der Waals surface area contributed by atoms with Crippen LogP contribution in [0.2, 0.25) is 0 Å². The van der Waals surface area contributed by atoms with Crippen molar-refractivity contribution in [2.24, 2.45) is 0 Å². The number of likely N-dealkylation sites (N-methyl/N-ethyl adjacent to an activating group) is 1. The maximum Gasteiger partial charge on any atom is 0.237 e. The lowest BCUT2D eigenvalue weighted by atomic mass is 10.2. The highest BCUT2D eigenvalue weighted by molar-refractivity contribution is 5.81. The molecule has 4 nitrogen and oxygen atoms in total. The van der Waals surface area contributed by atoms with Crippen molar-refractivity contribution in [3.63, 3.8) is 0 Å². The maximum absolute atomic E-state index is 11.7. The van der Waals surface area contributed by atoms with Gasteiger partial charge in [0, 0.05) is 24.7 Å². The predicted octanol–water partition coefficient (Wildman–Crippen LogP) is 0.972. The Morgan fingerprint density at radius 2 is 1.88 bits per heavy atom. The Labute approximate surface area is 105 Å². The standard InChI is InChI=1S/C13H27N3O/c1-9(2)15-13(17)11(4)14-8-10(3)16(5)12-6-7-12/h9-12,14H,6-8H2,1-5H3,(H,15,17). The van der Waals surface area contributed by atoms with Gasteiger partial charge in [-0.25, -0.2) is 0 Å². The molecule has 0 spiro atoms. The summed E-state index contributed by atoms with van der Waals surface area (Å²) in [5, 5.41) is 6.21. The van der Waals surface area contributed by atoms with Crippen LogP contribution in [0.5, 0.6) is 0 Å². The molecule has 17 heavy (non-hydrogen) atoms. The van der Waals surface area contributed by atoms with Gasteiger partial charge in [-0.1, -0.05) is 0 Å². The fraction of sp³-hybridized carbons (Fsp3) is 0.923. The van der Waals surface area contributed by atoms with Gasteiger partial charge in [-0.3, -0.25) is 9.69 Å². The topological polar surface area (TPSA) is 44.4 Å². The number of carbonyl (C=O) groups excluding carboxylic acids is 1. The highest BCUT2D eigenvalue weighted by atomic mass is 16.2. The summed E-state index contributed by atoms with van der Waals surface area (Å²) in [4.78, 5) is 14.1. The van der Waals surface area contributed by atoms with Gasteiger partial charge < -0.3 is 10.6 Å². The van der Waals surface area contributed by atoms with Crippen molar-refractivity contribution >= 4 is 5.91 Å². The second-order valence-corrected chi connectivity index (χ2v) is 5.54. The highest BCUT2D eigenvalue weighted by Crippen LogP contribution is 2.26. The summed E-state index contributed by atoms with van der Waals surface area (Å²) in [6.45, 7) is 8.95. The lowest BCUT2D eigenvalue weighted by Crippen LogP contribution is -2.48. The second kappa shape index (κ2) is 6.36. The van der Waals surface area contributed by atoms with Crippen molar-refractivity contribution in [1.82, 2.24) is 15.5 Å². The molecule has 4 heteroatoms. The number of nitrogens with zero attached hydrogens (tertiary/aromatic N) is 1. The zero-order chi connectivity index (χ0) is 13.0. The first-order chi connectivity index (χ1) is 7.91. The fourth-order valence-electron chi connectivity index (χ4n) is 1.84. The molecule has 0 saturated heterocycles. The summed E-state index contributed by atoms with van der Waals surface area (Å²) in [5.74, 6) is 0.0845. The number of hydrogen-bond donors (Lipinski definition) is 2. The molecule has 1 fully saturated rings. The van der Waals surface area contributed by atoms with Crippen molar-refractivity contribution in [3.8, 4) is 0 Å². The third kappa shape index (κ3) is 5.04. The van der Waals surface area contributed by atoms with Gasteiger partial charge in [0.2, 0.25) is 5.91 Å². The molecule has 0 aromatic heterocycles. The van der Waals surface area contributed by atoms with Crippen LogP contribution in [0, 0.1) is 0 Å². The molecular formula is C13H27N3O. The summed E-state index contributed by atoms with van der Waals surface area (Å²) >= 11 is 0. The minimum Gasteiger partial charge on any atom is -0.353 e. The summed E-state index contributed by atoms with van der Waals surface area (Å²) in [6.07, 6.45) is 2.65. The molecule has 2 N–H and O–H groups in total. The minimum absolute atomic E-state index is 0.0845. The Morgan fingerprint density at radius 1 is 1.29 bits per heavy atom. The van der Waals surface area contributed by atoms with E-state index in [2.05, 4.69) is 29.5 Å². The minimum atomic E-state index is -0.118. The highest BCUT2D eigenvalue weighted by Gasteiger charge is 2.29. The normalized spacial score (nSPS) is 19.5. The van der Waals surface area contributed by atoms with Gasteiger partial charge in [-0.05, 0) is 47.6 Å². The molecule has 0 aromatic carbocycles. The lowest BCUT2D eigenvalue weighted by molar-refractivity contribution is -0.123. The van der Waals surface area contributed by atoms with E-state index in [1.807, 2.05) is 20.8 Å². The van der Waals surface area contributed by atoms with Crippen molar-refractivity contribution in [3.05, 3.63) is 0 Å². The third-order valence-electron chi connectivity index (χ3n) is 3.36. The van der Waals surface area contributed by atoms with E-state index in [4.69, 9.17) is 0 Å². The molecule has 0 aliphatic heterocycles. The fourth-order valence-corrected chi connectivity index (χ4v) is 1.84. The molecule has 1 amide bonds. The first-order valence-electron chi connectivity index (χ1n) is 6.67. The number of amides is 1. The van der Waals surface area contributed by atoms with Crippen LogP contribution in [-0.4, -0.2) is 48.6 Å². The van der Waals surface area contributed by atoms with Crippen molar-refractivity contribution in [2.75, 3.05) is 13.6 Å². The summed E-state index contributed by atoms with van der Waals surface area (Å²) in [7, 11) is 2.17. The van der Waals surface area contributed by atoms with Gasteiger partial charge in [-0.2, -0.15) is 0 Å². The molecule has 0 heterocycles. The van der Waals surface area contributed by atoms with Gasteiger partial charge in [0.25, 0.3) is 0 Å². The third-order valence-corrected chi connectivity index (χ3v) is 3.36. The predicted molar refractivity (Wildman–Crippen MR) is 71.0 cm³/mol. The molecule has 0 radical (unpaired) electrons. The quantitative estimate of drug-likeness (QED) is 0.698. The van der Waals surface area contributed by atoms with E-state index in [1.54, 1.807) is 0 Å². The second-order valence-electron chi connectivity index (χ2n) is 5.54. The molecular weight excluding hydrogens is 214 g/mol. The van der Waals surface area contributed by atoms with E-state index >= 15 is 0 Å². The number of rotatable bonds is 7. The Hall–Kier alpha value is -0.610. The Kier molecular flexibility index (Phi) is 5.40. The van der Waals surface area contributed by atoms with Crippen molar-refractivity contribution in [2.45, 2.75) is 64.7 Å². The number of carbonyl (C=O) groups is 1. The summed E-state index contributed by atoms with van der Waals surface area (Å²) in [5.41, 5.74) is 0. The lowest BCUT2D eigenvalue weighted by Gasteiger charge is -2.26. The first-order valence-corrected chi connectivity index (χ1v) is 6.67. The van der Waals surface area contributed by atoms with Crippen LogP contribution >= 0.6 is 0 Å². The van der Waals surface area contributed by atoms with Gasteiger partial charge >= 0.3 is 0 Å². The molecule has 1 aliphatic rings. The Bertz CT molecular complexity index is 251. The number of nitrogens with one attached hydrogen (secondary N) is 2. The average molecular weight is 241 g/mol. The molecule has 1 rings (SSSR count). The Balaban J connectivity index is 2.21. The van der Waals surface area contributed by atoms with E-state index in [0.717, 1.165) is 12.6 Å². The average Bonchev–Trinajstić information content (AvgIpc) is 3.06. The molecule has 100 valence electrons. The molecule has 2 unspecified atom stereocenters. The number of hydrogen-bond acceptors (Lipinski definition) is 3. The van der Waals surface area contributed by atoms with Crippen LogP contribution in [0.25, 0.3) is 0 Å². The van der Waals surface area contributed by atoms with Crippen LogP contribution in [-0.2, 0) is 4.79 Å². The molecule has 1 aliphatic carbocycles. The first kappa shape index (κ1) is 14.5. The molecule has 0 aromatic rings. The van der Waals surface area contributed by atoms with Crippen molar-refractivity contribution in [1.29, 1.82) is 0 Å². The van der Waals surface area contributed by atoms with Gasteiger partial charge in [0.05, 0.1) is 6.04 Å². The zero-order valence-corrected chi connectivity index (χ0v) is 11.8. The van der Waals surface area contributed by atoms with Crippen LogP contribution in [0.15, 0.2) is 0 Å². The van der Waals surface area contributed by atoms with Crippen LogP contribution in [0.1, 0.15) is 40.5 Å². The summed E-state index contributed by atoms with van der Waals surface area (Å²) in [6, 6.07) is 1.34. The monoisotopic (exact) mass is 241 g/mol. The zero-order valence-electron chi connectivity index (χ0n) is 11.8. The van der Waals surface area contributed by atoms with Crippen LogP contribution in [0.4, 0.5) is 0 Å². The SMILES string of the molecule is CC(C)NC(=O)C(C)NCC(C)N(C)C1CC1. The van der Waals surface area contributed by atoms with Crippen LogP contribution < -0.4 is 10.6 Å². The van der Waals surface area contributed by atoms with Crippen LogP contribution in [0.3, 0.4) is 0 Å². The largest absolute Gasteiger partial charge is 0.353 e. The van der Waals surface area contributed by atoms with E-state index in [1.165, 1.54) is 12.8 Å².